The highest BCUT2D eigenvalue weighted by atomic mass is 17.5. The van der Waals surface area contributed by atoms with E-state index in [-0.39, 0.29) is 0 Å². The second kappa shape index (κ2) is 1.24. The van der Waals surface area contributed by atoms with Crippen molar-refractivity contribution in [2.45, 2.75) is 12.1 Å². The number of hydrogen-bond acceptors (Lipinski definition) is 5. The van der Waals surface area contributed by atoms with Crippen molar-refractivity contribution in [3.63, 3.8) is 0 Å². The Labute approximate surface area is 48.7 Å². The fourth-order valence-electron chi connectivity index (χ4n) is 0.450. The first kappa shape index (κ1) is 5.12. The first-order valence-corrected chi connectivity index (χ1v) is 2.18. The van der Waals surface area contributed by atoms with Gasteiger partial charge in [-0.2, -0.15) is 19.6 Å². The Balaban J connectivity index is 2.12. The summed E-state index contributed by atoms with van der Waals surface area (Å²) in [5, 5.41) is 8.30. The van der Waals surface area contributed by atoms with Crippen molar-refractivity contribution < 1.29 is 29.5 Å². The van der Waals surface area contributed by atoms with Crippen molar-refractivity contribution in [2.24, 2.45) is 0 Å². The summed E-state index contributed by atoms with van der Waals surface area (Å²) in [5.41, 5.74) is 0. The highest BCUT2D eigenvalue weighted by Gasteiger charge is 2.72. The lowest BCUT2D eigenvalue weighted by molar-refractivity contribution is -0.145. The van der Waals surface area contributed by atoms with Gasteiger partial charge in [0.2, 0.25) is 0 Å². The van der Waals surface area contributed by atoms with E-state index in [2.05, 4.69) is 19.6 Å². The van der Waals surface area contributed by atoms with E-state index in [1.165, 1.54) is 0 Å². The van der Waals surface area contributed by atoms with Crippen LogP contribution in [0.1, 0.15) is 0 Å². The van der Waals surface area contributed by atoms with Gasteiger partial charge < -0.3 is 5.11 Å². The van der Waals surface area contributed by atoms with Crippen LogP contribution >= 0.6 is 0 Å². The van der Waals surface area contributed by atoms with Crippen molar-refractivity contribution in [1.82, 2.24) is 0 Å². The van der Waals surface area contributed by atoms with E-state index in [0.717, 1.165) is 0 Å². The Morgan fingerprint density at radius 2 is 2.00 bits per heavy atom. The molecule has 0 spiro atoms. The Morgan fingerprint density at radius 1 is 1.44 bits per heavy atom. The summed E-state index contributed by atoms with van der Waals surface area (Å²) in [7, 11) is 0. The molecule has 6 nitrogen and oxygen atoms in total. The number of carboxylic acids is 1. The molecular weight excluding hydrogens is 132 g/mol. The fraction of sp³-hybridized carbons (Fsp3) is 0.667. The van der Waals surface area contributed by atoms with E-state index in [9.17, 15) is 4.79 Å². The molecule has 50 valence electrons. The van der Waals surface area contributed by atoms with Crippen LogP contribution in [0.15, 0.2) is 0 Å². The molecule has 6 heteroatoms. The number of carbonyl (C=O) groups is 1. The molecule has 1 N–H and O–H groups in total. The zero-order chi connectivity index (χ0) is 6.48. The average Bonchev–Trinajstić information content (AvgIpc) is 2.61. The molecule has 0 radical (unpaired) electrons. The minimum Gasteiger partial charge on any atom is -0.477 e. The molecule has 0 unspecified atom stereocenters. The van der Waals surface area contributed by atoms with E-state index >= 15 is 0 Å². The molecule has 2 rings (SSSR count). The van der Waals surface area contributed by atoms with E-state index in [4.69, 9.17) is 5.11 Å². The SMILES string of the molecule is O=C(O)C1(C2OO2)OO1. The monoisotopic (exact) mass is 134 g/mol. The zero-order valence-corrected chi connectivity index (χ0v) is 4.07. The first-order chi connectivity index (χ1) is 4.26. The van der Waals surface area contributed by atoms with Gasteiger partial charge in [-0.1, -0.05) is 0 Å². The summed E-state index contributed by atoms with van der Waals surface area (Å²) in [6.45, 7) is 0. The van der Waals surface area contributed by atoms with Crippen LogP contribution in [0.4, 0.5) is 0 Å². The van der Waals surface area contributed by atoms with Crippen molar-refractivity contribution in [3.05, 3.63) is 0 Å². The minimum atomic E-state index is -1.67. The predicted molar refractivity (Wildman–Crippen MR) is 18.5 cm³/mol. The van der Waals surface area contributed by atoms with Crippen molar-refractivity contribution in [2.75, 3.05) is 0 Å². The fourth-order valence-corrected chi connectivity index (χ4v) is 0.450. The van der Waals surface area contributed by atoms with Crippen LogP contribution in [-0.2, 0) is 24.3 Å². The summed E-state index contributed by atoms with van der Waals surface area (Å²) >= 11 is 0. The van der Waals surface area contributed by atoms with Crippen molar-refractivity contribution in [3.8, 4) is 0 Å². The van der Waals surface area contributed by atoms with Crippen LogP contribution in [0.5, 0.6) is 0 Å². The van der Waals surface area contributed by atoms with Gasteiger partial charge in [-0.3, -0.25) is 0 Å². The number of hydrogen-bond donors (Lipinski definition) is 1. The third-order valence-corrected chi connectivity index (χ3v) is 1.06. The van der Waals surface area contributed by atoms with Gasteiger partial charge in [0.05, 0.1) is 0 Å². The molecule has 0 aromatic heterocycles. The van der Waals surface area contributed by atoms with Gasteiger partial charge in [-0.15, -0.1) is 0 Å². The molecular formula is C3H2O6. The Bertz CT molecular complexity index is 156. The van der Waals surface area contributed by atoms with Gasteiger partial charge in [0, 0.05) is 0 Å². The normalized spacial score (nSPS) is 29.8. The van der Waals surface area contributed by atoms with E-state index in [0.29, 0.717) is 0 Å². The molecule has 2 fully saturated rings. The van der Waals surface area contributed by atoms with E-state index in [1.54, 1.807) is 0 Å². The van der Waals surface area contributed by atoms with Crippen LogP contribution in [0.2, 0.25) is 0 Å². The third kappa shape index (κ3) is 0.553. The molecule has 0 saturated carbocycles. The summed E-state index contributed by atoms with van der Waals surface area (Å²) in [6, 6.07) is 0. The van der Waals surface area contributed by atoms with Gasteiger partial charge in [0.1, 0.15) is 0 Å². The highest BCUT2D eigenvalue weighted by molar-refractivity contribution is 5.77. The lowest BCUT2D eigenvalue weighted by Crippen LogP contribution is -2.29. The van der Waals surface area contributed by atoms with E-state index < -0.39 is 18.0 Å². The molecule has 0 bridgehead atoms. The summed E-state index contributed by atoms with van der Waals surface area (Å²) in [4.78, 5) is 26.8. The topological polar surface area (TPSA) is 87.4 Å². The van der Waals surface area contributed by atoms with Crippen LogP contribution in [0.3, 0.4) is 0 Å². The maximum Gasteiger partial charge on any atom is 0.384 e. The molecule has 0 aromatic rings. The van der Waals surface area contributed by atoms with Crippen molar-refractivity contribution in [1.29, 1.82) is 0 Å². The second-order valence-corrected chi connectivity index (χ2v) is 1.66. The van der Waals surface area contributed by atoms with Crippen LogP contribution in [0.25, 0.3) is 0 Å². The number of rotatable bonds is 2. The number of aliphatic carboxylic acids is 1. The molecule has 2 saturated heterocycles. The minimum absolute atomic E-state index is 0.894. The van der Waals surface area contributed by atoms with Gasteiger partial charge in [-0.05, 0) is 0 Å². The smallest absolute Gasteiger partial charge is 0.384 e. The van der Waals surface area contributed by atoms with Gasteiger partial charge in [0.25, 0.3) is 6.29 Å². The van der Waals surface area contributed by atoms with Gasteiger partial charge >= 0.3 is 11.8 Å². The third-order valence-electron chi connectivity index (χ3n) is 1.06. The summed E-state index contributed by atoms with van der Waals surface area (Å²) in [5.74, 6) is -2.91. The molecule has 0 atom stereocenters. The molecule has 2 aliphatic rings. The first-order valence-electron chi connectivity index (χ1n) is 2.18. The largest absolute Gasteiger partial charge is 0.477 e. The second-order valence-electron chi connectivity index (χ2n) is 1.66. The molecule has 0 aromatic carbocycles. The zero-order valence-electron chi connectivity index (χ0n) is 4.07. The standard InChI is InChI=1S/C3H2O6/c4-1(5)3(8-9-3)2-6-7-2/h2H,(H,4,5). The Hall–Kier alpha value is -0.690. The maximum absolute atomic E-state index is 10.2. The van der Waals surface area contributed by atoms with Gasteiger partial charge in [-0.25, -0.2) is 4.79 Å². The van der Waals surface area contributed by atoms with Crippen LogP contribution < -0.4 is 0 Å². The Kier molecular flexibility index (Phi) is 0.707. The Morgan fingerprint density at radius 3 is 2.11 bits per heavy atom. The maximum atomic E-state index is 10.2. The summed E-state index contributed by atoms with van der Waals surface area (Å²) < 4.78 is 0. The van der Waals surface area contributed by atoms with Gasteiger partial charge in [0.15, 0.2) is 0 Å². The van der Waals surface area contributed by atoms with Crippen molar-refractivity contribution >= 4 is 5.97 Å². The molecule has 0 aliphatic carbocycles. The molecule has 2 aliphatic heterocycles. The highest BCUT2D eigenvalue weighted by Crippen LogP contribution is 2.41. The summed E-state index contributed by atoms with van der Waals surface area (Å²) in [6.07, 6.45) is -0.894. The quantitative estimate of drug-likeness (QED) is 0.385. The number of carboxylic acid groups (broad SMARTS) is 1. The molecule has 2 heterocycles. The predicted octanol–water partition coefficient (Wildman–Crippen LogP) is -0.983. The lowest BCUT2D eigenvalue weighted by Gasteiger charge is -1.87. The van der Waals surface area contributed by atoms with E-state index in [1.807, 2.05) is 0 Å². The van der Waals surface area contributed by atoms with Crippen LogP contribution in [0, 0.1) is 0 Å². The lowest BCUT2D eigenvalue weighted by atomic mass is 10.3. The molecule has 9 heavy (non-hydrogen) atoms. The molecule has 0 amide bonds. The average molecular weight is 134 g/mol. The van der Waals surface area contributed by atoms with Crippen LogP contribution in [-0.4, -0.2) is 23.2 Å².